The molecule has 3 rings (SSSR count). The van der Waals surface area contributed by atoms with E-state index in [4.69, 9.17) is 9.47 Å². The molecule has 1 saturated heterocycles. The molecule has 1 atom stereocenters. The lowest BCUT2D eigenvalue weighted by Gasteiger charge is -2.23. The highest BCUT2D eigenvalue weighted by Gasteiger charge is 2.21. The Hall–Kier alpha value is -1.89. The van der Waals surface area contributed by atoms with Gasteiger partial charge in [0, 0.05) is 13.7 Å². The van der Waals surface area contributed by atoms with Gasteiger partial charge in [0.15, 0.2) is 11.9 Å². The summed E-state index contributed by atoms with van der Waals surface area (Å²) < 4.78 is 12.7. The monoisotopic (exact) mass is 263 g/mol. The van der Waals surface area contributed by atoms with Gasteiger partial charge in [0.1, 0.15) is 5.82 Å². The molecule has 0 spiro atoms. The molecule has 0 saturated carbocycles. The summed E-state index contributed by atoms with van der Waals surface area (Å²) >= 11 is 0. The third kappa shape index (κ3) is 2.10. The smallest absolute Gasteiger partial charge is 0.320 e. The average molecular weight is 263 g/mol. The molecular weight excluding hydrogens is 246 g/mol. The number of hydrogen-bond acceptors (Lipinski definition) is 6. The lowest BCUT2D eigenvalue weighted by molar-refractivity contribution is -0.0370. The summed E-state index contributed by atoms with van der Waals surface area (Å²) in [7, 11) is 3.37. The topological polar surface area (TPSA) is 74.1 Å². The van der Waals surface area contributed by atoms with Crippen LogP contribution in [0.15, 0.2) is 6.20 Å². The van der Waals surface area contributed by atoms with Crippen molar-refractivity contribution in [3.63, 3.8) is 0 Å². The number of nitrogens with one attached hydrogen (secondary N) is 1. The summed E-state index contributed by atoms with van der Waals surface area (Å²) in [4.78, 5) is 8.64. The van der Waals surface area contributed by atoms with Crippen molar-refractivity contribution >= 4 is 16.9 Å². The first-order valence-electron chi connectivity index (χ1n) is 6.42. The van der Waals surface area contributed by atoms with E-state index in [0.717, 1.165) is 36.9 Å². The van der Waals surface area contributed by atoms with Crippen LogP contribution in [-0.2, 0) is 4.74 Å². The van der Waals surface area contributed by atoms with Crippen molar-refractivity contribution < 1.29 is 9.47 Å². The third-order valence-corrected chi connectivity index (χ3v) is 3.28. The van der Waals surface area contributed by atoms with Crippen molar-refractivity contribution in [2.24, 2.45) is 0 Å². The van der Waals surface area contributed by atoms with Gasteiger partial charge in [0.25, 0.3) is 0 Å². The van der Waals surface area contributed by atoms with Gasteiger partial charge in [0.2, 0.25) is 0 Å². The molecule has 7 nitrogen and oxygen atoms in total. The molecule has 19 heavy (non-hydrogen) atoms. The zero-order valence-corrected chi connectivity index (χ0v) is 11.1. The number of nitrogens with zero attached hydrogens (tertiary/aromatic N) is 4. The van der Waals surface area contributed by atoms with Crippen molar-refractivity contribution in [3.8, 4) is 6.01 Å². The molecular formula is C12H17N5O2. The molecule has 7 heteroatoms. The maximum absolute atomic E-state index is 5.76. The molecule has 0 bridgehead atoms. The fourth-order valence-electron chi connectivity index (χ4n) is 2.31. The second kappa shape index (κ2) is 5.00. The Balaban J connectivity index is 2.09. The van der Waals surface area contributed by atoms with Gasteiger partial charge in [-0.3, -0.25) is 0 Å². The standard InChI is InChI=1S/C12H17N5O2/c1-13-10-8-7-14-17(9-5-3-4-6-19-9)11(8)16-12(15-10)18-2/h7,9H,3-6H2,1-2H3,(H,13,15,16). The van der Waals surface area contributed by atoms with Gasteiger partial charge in [-0.25, -0.2) is 4.68 Å². The molecule has 1 aliphatic heterocycles. The van der Waals surface area contributed by atoms with Crippen LogP contribution in [0.1, 0.15) is 25.5 Å². The van der Waals surface area contributed by atoms with Crippen LogP contribution in [0, 0.1) is 0 Å². The summed E-state index contributed by atoms with van der Waals surface area (Å²) in [6.45, 7) is 0.771. The Kier molecular flexibility index (Phi) is 3.20. The normalized spacial score (nSPS) is 19.6. The van der Waals surface area contributed by atoms with E-state index < -0.39 is 0 Å². The van der Waals surface area contributed by atoms with Crippen LogP contribution in [0.4, 0.5) is 5.82 Å². The summed E-state index contributed by atoms with van der Waals surface area (Å²) in [6.07, 6.45) is 4.93. The lowest BCUT2D eigenvalue weighted by Crippen LogP contribution is -2.19. The maximum Gasteiger partial charge on any atom is 0.320 e. The number of aromatic nitrogens is 4. The molecule has 3 heterocycles. The molecule has 2 aromatic rings. The second-order valence-corrected chi connectivity index (χ2v) is 4.46. The highest BCUT2D eigenvalue weighted by Crippen LogP contribution is 2.28. The van der Waals surface area contributed by atoms with E-state index in [1.165, 1.54) is 0 Å². The summed E-state index contributed by atoms with van der Waals surface area (Å²) in [5.41, 5.74) is 0.739. The Bertz CT molecular complexity index is 577. The minimum absolute atomic E-state index is 0.0458. The zero-order valence-electron chi connectivity index (χ0n) is 11.1. The number of ether oxygens (including phenoxy) is 2. The molecule has 2 aromatic heterocycles. The Morgan fingerprint density at radius 2 is 2.32 bits per heavy atom. The Morgan fingerprint density at radius 1 is 1.42 bits per heavy atom. The molecule has 102 valence electrons. The number of fused-ring (bicyclic) bond motifs is 1. The predicted molar refractivity (Wildman–Crippen MR) is 70.3 cm³/mol. The van der Waals surface area contributed by atoms with E-state index in [2.05, 4.69) is 20.4 Å². The molecule has 1 N–H and O–H groups in total. The van der Waals surface area contributed by atoms with Gasteiger partial charge in [-0.2, -0.15) is 15.1 Å². The van der Waals surface area contributed by atoms with Crippen LogP contribution in [0.3, 0.4) is 0 Å². The van der Waals surface area contributed by atoms with Gasteiger partial charge < -0.3 is 14.8 Å². The van der Waals surface area contributed by atoms with Gasteiger partial charge >= 0.3 is 6.01 Å². The second-order valence-electron chi connectivity index (χ2n) is 4.46. The Labute approximate surface area is 110 Å². The van der Waals surface area contributed by atoms with E-state index in [1.54, 1.807) is 13.3 Å². The van der Waals surface area contributed by atoms with Crippen molar-refractivity contribution in [1.29, 1.82) is 0 Å². The summed E-state index contributed by atoms with van der Waals surface area (Å²) in [5, 5.41) is 8.30. The van der Waals surface area contributed by atoms with Crippen LogP contribution in [0.25, 0.3) is 11.0 Å². The van der Waals surface area contributed by atoms with E-state index >= 15 is 0 Å². The molecule has 0 amide bonds. The molecule has 1 fully saturated rings. The Morgan fingerprint density at radius 3 is 3.00 bits per heavy atom. The minimum atomic E-state index is -0.0458. The number of rotatable bonds is 3. The predicted octanol–water partition coefficient (Wildman–Crippen LogP) is 1.58. The van der Waals surface area contributed by atoms with E-state index in [0.29, 0.717) is 11.8 Å². The van der Waals surface area contributed by atoms with E-state index in [1.807, 2.05) is 11.7 Å². The van der Waals surface area contributed by atoms with E-state index in [9.17, 15) is 0 Å². The van der Waals surface area contributed by atoms with Crippen LogP contribution < -0.4 is 10.1 Å². The minimum Gasteiger partial charge on any atom is -0.467 e. The van der Waals surface area contributed by atoms with Crippen LogP contribution in [0.2, 0.25) is 0 Å². The van der Waals surface area contributed by atoms with Crippen molar-refractivity contribution in [2.45, 2.75) is 25.5 Å². The maximum atomic E-state index is 5.76. The van der Waals surface area contributed by atoms with Crippen molar-refractivity contribution in [2.75, 3.05) is 26.1 Å². The van der Waals surface area contributed by atoms with Crippen LogP contribution in [0.5, 0.6) is 6.01 Å². The number of methoxy groups -OCH3 is 1. The van der Waals surface area contributed by atoms with Crippen molar-refractivity contribution in [1.82, 2.24) is 19.7 Å². The molecule has 1 aliphatic rings. The van der Waals surface area contributed by atoms with Gasteiger partial charge in [-0.05, 0) is 19.3 Å². The molecule has 1 unspecified atom stereocenters. The fourth-order valence-corrected chi connectivity index (χ4v) is 2.31. The fraction of sp³-hybridized carbons (Fsp3) is 0.583. The lowest BCUT2D eigenvalue weighted by atomic mass is 10.2. The summed E-state index contributed by atoms with van der Waals surface area (Å²) in [6, 6.07) is 0.328. The van der Waals surface area contributed by atoms with E-state index in [-0.39, 0.29) is 6.23 Å². The molecule has 0 radical (unpaired) electrons. The molecule has 0 aliphatic carbocycles. The SMILES string of the molecule is CNc1nc(OC)nc2c1cnn2C1CCCCO1. The highest BCUT2D eigenvalue weighted by atomic mass is 16.5. The van der Waals surface area contributed by atoms with Crippen molar-refractivity contribution in [3.05, 3.63) is 6.20 Å². The number of hydrogen-bond donors (Lipinski definition) is 1. The van der Waals surface area contributed by atoms with Gasteiger partial charge in [-0.1, -0.05) is 0 Å². The quantitative estimate of drug-likeness (QED) is 0.906. The summed E-state index contributed by atoms with van der Waals surface area (Å²) in [5.74, 6) is 0.712. The number of anilines is 1. The molecule has 0 aromatic carbocycles. The third-order valence-electron chi connectivity index (χ3n) is 3.28. The first kappa shape index (κ1) is 12.2. The van der Waals surface area contributed by atoms with Gasteiger partial charge in [-0.15, -0.1) is 0 Å². The van der Waals surface area contributed by atoms with Crippen LogP contribution in [-0.4, -0.2) is 40.5 Å². The average Bonchev–Trinajstić information content (AvgIpc) is 2.90. The first-order chi connectivity index (χ1) is 9.33. The largest absolute Gasteiger partial charge is 0.467 e. The zero-order chi connectivity index (χ0) is 13.2. The van der Waals surface area contributed by atoms with Crippen LogP contribution >= 0.6 is 0 Å². The highest BCUT2D eigenvalue weighted by molar-refractivity contribution is 5.86. The first-order valence-corrected chi connectivity index (χ1v) is 6.42. The van der Waals surface area contributed by atoms with Gasteiger partial charge in [0.05, 0.1) is 18.7 Å².